The van der Waals surface area contributed by atoms with Crippen molar-refractivity contribution < 1.29 is 18.3 Å². The van der Waals surface area contributed by atoms with Gasteiger partial charge < -0.3 is 4.74 Å². The van der Waals surface area contributed by atoms with E-state index in [0.29, 0.717) is 5.56 Å². The van der Waals surface area contributed by atoms with Crippen LogP contribution in [-0.4, -0.2) is 39.6 Å². The van der Waals surface area contributed by atoms with Gasteiger partial charge in [-0.3, -0.25) is 0 Å². The quantitative estimate of drug-likeness (QED) is 0.774. The van der Waals surface area contributed by atoms with Gasteiger partial charge in [0.05, 0.1) is 5.56 Å². The molecule has 98 valence electrons. The molecule has 0 fully saturated rings. The highest BCUT2D eigenvalue weighted by Crippen LogP contribution is 2.18. The Labute approximate surface area is 106 Å². The van der Waals surface area contributed by atoms with Gasteiger partial charge in [0, 0.05) is 5.56 Å². The van der Waals surface area contributed by atoms with E-state index in [4.69, 9.17) is 0 Å². The Bertz CT molecular complexity index is 580. The minimum absolute atomic E-state index is 0.130. The van der Waals surface area contributed by atoms with Gasteiger partial charge in [-0.2, -0.15) is 0 Å². The van der Waals surface area contributed by atoms with Crippen molar-refractivity contribution in [2.45, 2.75) is 0 Å². The number of alkyl halides is 1. The molecule has 1 heterocycles. The van der Waals surface area contributed by atoms with Gasteiger partial charge in [-0.05, 0) is 18.2 Å². The first-order chi connectivity index (χ1) is 9.22. The van der Waals surface area contributed by atoms with Crippen LogP contribution in [0.2, 0.25) is 0 Å². The van der Waals surface area contributed by atoms with Gasteiger partial charge in [-0.25, -0.2) is 13.6 Å². The molecule has 1 aromatic heterocycles. The molecular formula is C11H8F2N4O2. The molecule has 0 aliphatic carbocycles. The van der Waals surface area contributed by atoms with Crippen LogP contribution < -0.4 is 0 Å². The SMILES string of the molecule is O=C(OCCF)c1ccc(-c2nncnn2)cc1F. The predicted molar refractivity (Wildman–Crippen MR) is 59.3 cm³/mol. The van der Waals surface area contributed by atoms with Crippen molar-refractivity contribution in [3.05, 3.63) is 35.9 Å². The lowest BCUT2D eigenvalue weighted by molar-refractivity contribution is 0.0476. The van der Waals surface area contributed by atoms with Gasteiger partial charge >= 0.3 is 5.97 Å². The van der Waals surface area contributed by atoms with Gasteiger partial charge in [0.2, 0.25) is 5.82 Å². The summed E-state index contributed by atoms with van der Waals surface area (Å²) in [5, 5.41) is 14.3. The number of carbonyl (C=O) groups is 1. The second kappa shape index (κ2) is 5.89. The molecule has 0 saturated carbocycles. The number of hydrogen-bond donors (Lipinski definition) is 0. The average Bonchev–Trinajstić information content (AvgIpc) is 2.45. The Kier molecular flexibility index (Phi) is 4.01. The number of esters is 1. The summed E-state index contributed by atoms with van der Waals surface area (Å²) in [7, 11) is 0. The third kappa shape index (κ3) is 3.03. The van der Waals surface area contributed by atoms with Crippen LogP contribution >= 0.6 is 0 Å². The van der Waals surface area contributed by atoms with E-state index in [2.05, 4.69) is 25.1 Å². The third-order valence-corrected chi connectivity index (χ3v) is 2.17. The van der Waals surface area contributed by atoms with Crippen molar-refractivity contribution in [2.24, 2.45) is 0 Å². The number of halogens is 2. The van der Waals surface area contributed by atoms with Crippen LogP contribution in [0, 0.1) is 5.82 Å². The number of hydrogen-bond acceptors (Lipinski definition) is 6. The Morgan fingerprint density at radius 3 is 2.63 bits per heavy atom. The fraction of sp³-hybridized carbons (Fsp3) is 0.182. The van der Waals surface area contributed by atoms with Gasteiger partial charge in [-0.1, -0.05) is 0 Å². The lowest BCUT2D eigenvalue weighted by atomic mass is 10.1. The van der Waals surface area contributed by atoms with Crippen LogP contribution in [0.4, 0.5) is 8.78 Å². The number of nitrogens with zero attached hydrogens (tertiary/aromatic N) is 4. The lowest BCUT2D eigenvalue weighted by Gasteiger charge is -2.04. The van der Waals surface area contributed by atoms with Crippen molar-refractivity contribution in [1.29, 1.82) is 0 Å². The number of rotatable bonds is 4. The van der Waals surface area contributed by atoms with Crippen LogP contribution in [0.3, 0.4) is 0 Å². The number of carbonyl (C=O) groups excluding carboxylic acids is 1. The maximum atomic E-state index is 13.7. The van der Waals surface area contributed by atoms with E-state index in [9.17, 15) is 13.6 Å². The smallest absolute Gasteiger partial charge is 0.341 e. The Morgan fingerprint density at radius 2 is 2.00 bits per heavy atom. The van der Waals surface area contributed by atoms with E-state index in [1.165, 1.54) is 12.1 Å². The molecule has 0 saturated heterocycles. The fourth-order valence-corrected chi connectivity index (χ4v) is 1.35. The topological polar surface area (TPSA) is 77.9 Å². The van der Waals surface area contributed by atoms with Crippen LogP contribution in [0.15, 0.2) is 24.5 Å². The molecule has 19 heavy (non-hydrogen) atoms. The van der Waals surface area contributed by atoms with Crippen molar-refractivity contribution >= 4 is 5.97 Å². The van der Waals surface area contributed by atoms with Gasteiger partial charge in [-0.15, -0.1) is 20.4 Å². The minimum atomic E-state index is -0.924. The normalized spacial score (nSPS) is 10.2. The summed E-state index contributed by atoms with van der Waals surface area (Å²) in [5.41, 5.74) is 0.0363. The van der Waals surface area contributed by atoms with Crippen molar-refractivity contribution in [2.75, 3.05) is 13.3 Å². The van der Waals surface area contributed by atoms with Gasteiger partial charge in [0.1, 0.15) is 19.1 Å². The molecule has 0 N–H and O–H groups in total. The summed E-state index contributed by atoms with van der Waals surface area (Å²) < 4.78 is 30.1. The molecule has 1 aromatic carbocycles. The lowest BCUT2D eigenvalue weighted by Crippen LogP contribution is -2.09. The summed E-state index contributed by atoms with van der Waals surface area (Å²) in [6.07, 6.45) is 1.14. The van der Waals surface area contributed by atoms with Crippen molar-refractivity contribution in [3.8, 4) is 11.4 Å². The second-order valence-corrected chi connectivity index (χ2v) is 3.39. The molecule has 0 amide bonds. The first kappa shape index (κ1) is 12.9. The predicted octanol–water partition coefficient (Wildman–Crippen LogP) is 1.20. The minimum Gasteiger partial charge on any atom is -0.459 e. The standard InChI is InChI=1S/C11H8F2N4O2/c12-3-4-19-11(18)8-2-1-7(5-9(8)13)10-16-14-6-15-17-10/h1-2,5-6H,3-4H2. The van der Waals surface area contributed by atoms with Crippen molar-refractivity contribution in [3.63, 3.8) is 0 Å². The zero-order chi connectivity index (χ0) is 13.7. The summed E-state index contributed by atoms with van der Waals surface area (Å²) >= 11 is 0. The summed E-state index contributed by atoms with van der Waals surface area (Å²) in [4.78, 5) is 11.4. The number of aromatic nitrogens is 4. The molecule has 6 nitrogen and oxygen atoms in total. The van der Waals surface area contributed by atoms with Gasteiger partial charge in [0.25, 0.3) is 0 Å². The van der Waals surface area contributed by atoms with Crippen LogP contribution in [0.25, 0.3) is 11.4 Å². The molecular weight excluding hydrogens is 258 g/mol. The highest BCUT2D eigenvalue weighted by Gasteiger charge is 2.15. The Hall–Kier alpha value is -2.51. The van der Waals surface area contributed by atoms with E-state index >= 15 is 0 Å². The first-order valence-corrected chi connectivity index (χ1v) is 5.25. The zero-order valence-corrected chi connectivity index (χ0v) is 9.58. The molecule has 0 aliphatic heterocycles. The maximum Gasteiger partial charge on any atom is 0.341 e. The summed E-state index contributed by atoms with van der Waals surface area (Å²) in [5.74, 6) is -1.61. The Balaban J connectivity index is 2.25. The average molecular weight is 266 g/mol. The molecule has 2 aromatic rings. The van der Waals surface area contributed by atoms with Crippen LogP contribution in [0.1, 0.15) is 10.4 Å². The third-order valence-electron chi connectivity index (χ3n) is 2.17. The fourth-order valence-electron chi connectivity index (χ4n) is 1.35. The summed E-state index contributed by atoms with van der Waals surface area (Å²) in [6.45, 7) is -1.23. The number of benzene rings is 1. The molecule has 2 rings (SSSR count). The molecule has 0 spiro atoms. The zero-order valence-electron chi connectivity index (χ0n) is 9.58. The highest BCUT2D eigenvalue weighted by molar-refractivity contribution is 5.90. The second-order valence-electron chi connectivity index (χ2n) is 3.39. The van der Waals surface area contributed by atoms with Gasteiger partial charge in [0.15, 0.2) is 6.33 Å². The van der Waals surface area contributed by atoms with E-state index in [-0.39, 0.29) is 11.4 Å². The monoisotopic (exact) mass is 266 g/mol. The van der Waals surface area contributed by atoms with E-state index < -0.39 is 25.1 Å². The highest BCUT2D eigenvalue weighted by atomic mass is 19.1. The van der Waals surface area contributed by atoms with E-state index in [0.717, 1.165) is 12.4 Å². The van der Waals surface area contributed by atoms with E-state index in [1.54, 1.807) is 0 Å². The molecule has 0 atom stereocenters. The molecule has 0 unspecified atom stereocenters. The molecule has 0 bridgehead atoms. The molecule has 0 aliphatic rings. The summed E-state index contributed by atoms with van der Waals surface area (Å²) in [6, 6.07) is 3.69. The first-order valence-electron chi connectivity index (χ1n) is 5.25. The van der Waals surface area contributed by atoms with Crippen LogP contribution in [0.5, 0.6) is 0 Å². The van der Waals surface area contributed by atoms with Crippen molar-refractivity contribution in [1.82, 2.24) is 20.4 Å². The number of ether oxygens (including phenoxy) is 1. The van der Waals surface area contributed by atoms with Crippen LogP contribution in [-0.2, 0) is 4.74 Å². The molecule has 0 radical (unpaired) electrons. The maximum absolute atomic E-state index is 13.7. The largest absolute Gasteiger partial charge is 0.459 e. The molecule has 8 heteroatoms. The van der Waals surface area contributed by atoms with E-state index in [1.807, 2.05) is 0 Å². The Morgan fingerprint density at radius 1 is 1.26 bits per heavy atom.